The van der Waals surface area contributed by atoms with Crippen LogP contribution >= 0.6 is 0 Å². The quantitative estimate of drug-likeness (QED) is 0.759. The lowest BCUT2D eigenvalue weighted by Gasteiger charge is -2.11. The first-order chi connectivity index (χ1) is 7.07. The van der Waals surface area contributed by atoms with E-state index >= 15 is 0 Å². The molecule has 0 aliphatic carbocycles. The van der Waals surface area contributed by atoms with Gasteiger partial charge in [-0.2, -0.15) is 13.2 Å². The van der Waals surface area contributed by atoms with Crippen molar-refractivity contribution in [3.05, 3.63) is 35.4 Å². The van der Waals surface area contributed by atoms with Crippen molar-refractivity contribution in [2.75, 3.05) is 13.1 Å². The molecule has 82 valence electrons. The zero-order valence-electron chi connectivity index (χ0n) is 8.14. The van der Waals surface area contributed by atoms with Gasteiger partial charge in [0.2, 0.25) is 0 Å². The third kappa shape index (κ3) is 2.31. The van der Waals surface area contributed by atoms with Crippen molar-refractivity contribution in [1.29, 1.82) is 0 Å². The minimum Gasteiger partial charge on any atom is -0.316 e. The van der Waals surface area contributed by atoms with E-state index in [-0.39, 0.29) is 0 Å². The van der Waals surface area contributed by atoms with Gasteiger partial charge in [0.25, 0.3) is 0 Å². The van der Waals surface area contributed by atoms with Crippen LogP contribution in [0, 0.1) is 0 Å². The fraction of sp³-hybridized carbons (Fsp3) is 0.455. The maximum atomic E-state index is 12.3. The number of rotatable bonds is 1. The average Bonchev–Trinajstić information content (AvgIpc) is 2.69. The summed E-state index contributed by atoms with van der Waals surface area (Å²) in [6.45, 7) is 1.82. The largest absolute Gasteiger partial charge is 0.416 e. The molecular formula is C11H12F3N. The molecule has 0 aromatic heterocycles. The normalized spacial score (nSPS) is 21.9. The molecule has 15 heavy (non-hydrogen) atoms. The van der Waals surface area contributed by atoms with Crippen LogP contribution in [0.25, 0.3) is 0 Å². The Morgan fingerprint density at radius 2 is 1.80 bits per heavy atom. The van der Waals surface area contributed by atoms with E-state index < -0.39 is 11.7 Å². The van der Waals surface area contributed by atoms with Crippen LogP contribution < -0.4 is 5.32 Å². The molecule has 0 unspecified atom stereocenters. The van der Waals surface area contributed by atoms with E-state index in [1.54, 1.807) is 12.1 Å². The molecule has 0 saturated carbocycles. The molecule has 1 aliphatic heterocycles. The Kier molecular flexibility index (Phi) is 2.69. The molecule has 1 aromatic rings. The van der Waals surface area contributed by atoms with Gasteiger partial charge in [-0.25, -0.2) is 0 Å². The molecule has 1 nitrogen and oxygen atoms in total. The van der Waals surface area contributed by atoms with E-state index in [1.165, 1.54) is 0 Å². The fourth-order valence-electron chi connectivity index (χ4n) is 1.88. The molecule has 4 heteroatoms. The van der Waals surface area contributed by atoms with Crippen molar-refractivity contribution in [3.63, 3.8) is 0 Å². The first-order valence-electron chi connectivity index (χ1n) is 4.95. The van der Waals surface area contributed by atoms with Crippen LogP contribution in [0.3, 0.4) is 0 Å². The average molecular weight is 215 g/mol. The highest BCUT2D eigenvalue weighted by Gasteiger charge is 2.30. The lowest BCUT2D eigenvalue weighted by atomic mass is 9.97. The van der Waals surface area contributed by atoms with Crippen LogP contribution in [-0.2, 0) is 6.18 Å². The molecule has 1 aromatic carbocycles. The summed E-state index contributed by atoms with van der Waals surface area (Å²) in [7, 11) is 0. The number of benzene rings is 1. The molecule has 2 rings (SSSR count). The number of halogens is 3. The van der Waals surface area contributed by atoms with Gasteiger partial charge in [0.05, 0.1) is 5.56 Å². The zero-order chi connectivity index (χ0) is 10.9. The highest BCUT2D eigenvalue weighted by molar-refractivity contribution is 5.27. The molecule has 0 amide bonds. The van der Waals surface area contributed by atoms with Crippen molar-refractivity contribution in [2.24, 2.45) is 0 Å². The van der Waals surface area contributed by atoms with Gasteiger partial charge in [0.15, 0.2) is 0 Å². The van der Waals surface area contributed by atoms with Crippen molar-refractivity contribution >= 4 is 0 Å². The molecule has 0 bridgehead atoms. The minimum absolute atomic E-state index is 0.368. The summed E-state index contributed by atoms with van der Waals surface area (Å²) >= 11 is 0. The van der Waals surface area contributed by atoms with Gasteiger partial charge in [-0.3, -0.25) is 0 Å². The summed E-state index contributed by atoms with van der Waals surface area (Å²) in [6.07, 6.45) is -3.22. The monoisotopic (exact) mass is 215 g/mol. The molecule has 1 fully saturated rings. The Hall–Kier alpha value is -1.03. The predicted octanol–water partition coefficient (Wildman–Crippen LogP) is 2.78. The third-order valence-corrected chi connectivity index (χ3v) is 2.77. The van der Waals surface area contributed by atoms with Crippen LogP contribution in [0.15, 0.2) is 24.3 Å². The van der Waals surface area contributed by atoms with Gasteiger partial charge in [-0.05, 0) is 36.6 Å². The fourth-order valence-corrected chi connectivity index (χ4v) is 1.88. The predicted molar refractivity (Wildman–Crippen MR) is 51.7 cm³/mol. The molecule has 0 radical (unpaired) electrons. The van der Waals surface area contributed by atoms with E-state index in [1.807, 2.05) is 0 Å². The van der Waals surface area contributed by atoms with Crippen molar-refractivity contribution < 1.29 is 13.2 Å². The number of hydrogen-bond acceptors (Lipinski definition) is 1. The van der Waals surface area contributed by atoms with E-state index in [0.29, 0.717) is 5.92 Å². The zero-order valence-corrected chi connectivity index (χ0v) is 8.14. The smallest absolute Gasteiger partial charge is 0.316 e. The Morgan fingerprint density at radius 1 is 1.13 bits per heavy atom. The van der Waals surface area contributed by atoms with Gasteiger partial charge >= 0.3 is 6.18 Å². The first-order valence-corrected chi connectivity index (χ1v) is 4.95. The van der Waals surface area contributed by atoms with Gasteiger partial charge in [0, 0.05) is 6.54 Å². The third-order valence-electron chi connectivity index (χ3n) is 2.77. The summed E-state index contributed by atoms with van der Waals surface area (Å²) in [4.78, 5) is 0. The highest BCUT2D eigenvalue weighted by Crippen LogP contribution is 2.31. The maximum Gasteiger partial charge on any atom is 0.416 e. The van der Waals surface area contributed by atoms with Crippen molar-refractivity contribution in [1.82, 2.24) is 5.32 Å². The summed E-state index contributed by atoms with van der Waals surface area (Å²) in [5, 5.41) is 3.19. The summed E-state index contributed by atoms with van der Waals surface area (Å²) in [6, 6.07) is 5.49. The van der Waals surface area contributed by atoms with Gasteiger partial charge in [-0.1, -0.05) is 12.1 Å². The van der Waals surface area contributed by atoms with Crippen LogP contribution in [-0.4, -0.2) is 13.1 Å². The Bertz CT molecular complexity index is 323. The maximum absolute atomic E-state index is 12.3. The van der Waals surface area contributed by atoms with E-state index in [2.05, 4.69) is 5.32 Å². The Morgan fingerprint density at radius 3 is 2.27 bits per heavy atom. The standard InChI is InChI=1S/C11H12F3N/c12-11(13,14)10-3-1-8(2-4-10)9-5-6-15-7-9/h1-4,9,15H,5-7H2/t9-/m1/s1. The number of nitrogens with one attached hydrogen (secondary N) is 1. The Labute approximate surface area is 86.3 Å². The SMILES string of the molecule is FC(F)(F)c1ccc([C@@H]2CCNC2)cc1. The van der Waals surface area contributed by atoms with Crippen molar-refractivity contribution in [3.8, 4) is 0 Å². The van der Waals surface area contributed by atoms with Crippen molar-refractivity contribution in [2.45, 2.75) is 18.5 Å². The lowest BCUT2D eigenvalue weighted by Crippen LogP contribution is -2.09. The Balaban J connectivity index is 2.16. The molecule has 0 spiro atoms. The number of alkyl halides is 3. The summed E-state index contributed by atoms with van der Waals surface area (Å²) in [5.41, 5.74) is 0.421. The number of hydrogen-bond donors (Lipinski definition) is 1. The van der Waals surface area contributed by atoms with E-state index in [9.17, 15) is 13.2 Å². The molecule has 1 aliphatic rings. The topological polar surface area (TPSA) is 12.0 Å². The van der Waals surface area contributed by atoms with Gasteiger partial charge < -0.3 is 5.32 Å². The van der Waals surface area contributed by atoms with E-state index in [0.717, 1.165) is 37.2 Å². The second-order valence-corrected chi connectivity index (χ2v) is 3.81. The van der Waals surface area contributed by atoms with E-state index in [4.69, 9.17) is 0 Å². The molecule has 1 heterocycles. The molecule has 1 atom stereocenters. The first kappa shape index (κ1) is 10.5. The minimum atomic E-state index is -4.23. The van der Waals surface area contributed by atoms with Gasteiger partial charge in [0.1, 0.15) is 0 Å². The molecule has 1 saturated heterocycles. The summed E-state index contributed by atoms with van der Waals surface area (Å²) in [5.74, 6) is 0.368. The van der Waals surface area contributed by atoms with Crippen LogP contribution in [0.2, 0.25) is 0 Å². The molecular weight excluding hydrogens is 203 g/mol. The second kappa shape index (κ2) is 3.85. The molecule has 1 N–H and O–H groups in total. The highest BCUT2D eigenvalue weighted by atomic mass is 19.4. The van der Waals surface area contributed by atoms with Gasteiger partial charge in [-0.15, -0.1) is 0 Å². The summed E-state index contributed by atoms with van der Waals surface area (Å²) < 4.78 is 36.9. The lowest BCUT2D eigenvalue weighted by molar-refractivity contribution is -0.137. The second-order valence-electron chi connectivity index (χ2n) is 3.81. The van der Waals surface area contributed by atoms with Crippen LogP contribution in [0.5, 0.6) is 0 Å². The van der Waals surface area contributed by atoms with Crippen LogP contribution in [0.4, 0.5) is 13.2 Å². The van der Waals surface area contributed by atoms with Crippen LogP contribution in [0.1, 0.15) is 23.5 Å².